The average Bonchev–Trinajstić information content (AvgIpc) is 2.92. The number of nitrogens with one attached hydrogen (secondary N) is 3. The molecule has 0 aromatic carbocycles. The third kappa shape index (κ3) is 2.93. The van der Waals surface area contributed by atoms with E-state index < -0.39 is 6.10 Å². The Balaban J connectivity index is 1.74. The second-order valence-electron chi connectivity index (χ2n) is 6.24. The van der Waals surface area contributed by atoms with Crippen LogP contribution < -0.4 is 16.6 Å². The third-order valence-corrected chi connectivity index (χ3v) is 4.51. The van der Waals surface area contributed by atoms with Gasteiger partial charge in [-0.3, -0.25) is 9.36 Å². The lowest BCUT2D eigenvalue weighted by molar-refractivity contribution is 0.104. The lowest BCUT2D eigenvalue weighted by atomic mass is 9.93. The molecule has 2 atom stereocenters. The van der Waals surface area contributed by atoms with Gasteiger partial charge >= 0.3 is 5.69 Å². The van der Waals surface area contributed by atoms with E-state index in [1.807, 2.05) is 0 Å². The number of aromatic amines is 2. The number of aliphatic hydroxyl groups is 1. The molecule has 130 valence electrons. The molecule has 1 aliphatic carbocycles. The van der Waals surface area contributed by atoms with Crippen LogP contribution in [0, 0.1) is 0 Å². The molecule has 3 aromatic rings. The first-order chi connectivity index (χ1) is 12.1. The summed E-state index contributed by atoms with van der Waals surface area (Å²) in [6.45, 7) is 0. The number of anilines is 2. The Morgan fingerprint density at radius 2 is 2.20 bits per heavy atom. The first-order valence-corrected chi connectivity index (χ1v) is 8.22. The molecular weight excluding hydrogens is 324 g/mol. The number of hydrogen-bond donors (Lipinski definition) is 4. The summed E-state index contributed by atoms with van der Waals surface area (Å²) in [7, 11) is 0. The van der Waals surface area contributed by atoms with E-state index in [-0.39, 0.29) is 23.2 Å². The minimum Gasteiger partial charge on any atom is -0.393 e. The first-order valence-electron chi connectivity index (χ1n) is 8.22. The van der Waals surface area contributed by atoms with E-state index in [4.69, 9.17) is 0 Å². The van der Waals surface area contributed by atoms with Crippen LogP contribution in [0.4, 0.5) is 11.6 Å². The molecule has 0 amide bonds. The molecule has 25 heavy (non-hydrogen) atoms. The van der Waals surface area contributed by atoms with Gasteiger partial charge in [0.1, 0.15) is 11.2 Å². The number of aliphatic hydroxyl groups excluding tert-OH is 1. The molecule has 1 fully saturated rings. The molecule has 4 N–H and O–H groups in total. The maximum absolute atomic E-state index is 12.4. The predicted molar refractivity (Wildman–Crippen MR) is 92.0 cm³/mol. The highest BCUT2D eigenvalue weighted by Gasteiger charge is 2.25. The fourth-order valence-corrected chi connectivity index (χ4v) is 3.33. The number of aromatic nitrogens is 5. The number of imidazole rings is 1. The SMILES string of the molecule is O=c1[nH]cccc1Nc1ncc2[nH]c(=O)n([C@@H]3CCC[C@H](O)C3)c2n1. The van der Waals surface area contributed by atoms with Gasteiger partial charge in [0.15, 0.2) is 5.65 Å². The summed E-state index contributed by atoms with van der Waals surface area (Å²) in [6, 6.07) is 3.21. The summed E-state index contributed by atoms with van der Waals surface area (Å²) in [5.41, 5.74) is 0.761. The predicted octanol–water partition coefficient (Wildman–Crippen LogP) is 1.03. The van der Waals surface area contributed by atoms with E-state index in [9.17, 15) is 14.7 Å². The van der Waals surface area contributed by atoms with E-state index >= 15 is 0 Å². The lowest BCUT2D eigenvalue weighted by Gasteiger charge is -2.26. The second-order valence-corrected chi connectivity index (χ2v) is 6.24. The molecular formula is C16H18N6O3. The highest BCUT2D eigenvalue weighted by Crippen LogP contribution is 2.29. The van der Waals surface area contributed by atoms with Crippen molar-refractivity contribution in [3.63, 3.8) is 0 Å². The molecule has 0 aliphatic heterocycles. The van der Waals surface area contributed by atoms with Gasteiger partial charge < -0.3 is 20.4 Å². The molecule has 3 heterocycles. The fraction of sp³-hybridized carbons (Fsp3) is 0.375. The van der Waals surface area contributed by atoms with Crippen LogP contribution in [0.15, 0.2) is 34.1 Å². The summed E-state index contributed by atoms with van der Waals surface area (Å²) in [6.07, 6.45) is 5.60. The van der Waals surface area contributed by atoms with Gasteiger partial charge in [0.05, 0.1) is 12.3 Å². The maximum atomic E-state index is 12.4. The molecule has 0 unspecified atom stereocenters. The average molecular weight is 342 g/mol. The van der Waals surface area contributed by atoms with E-state index in [0.29, 0.717) is 23.3 Å². The summed E-state index contributed by atoms with van der Waals surface area (Å²) < 4.78 is 1.58. The largest absolute Gasteiger partial charge is 0.393 e. The van der Waals surface area contributed by atoms with Crippen molar-refractivity contribution in [1.82, 2.24) is 24.5 Å². The molecule has 1 saturated carbocycles. The Morgan fingerprint density at radius 1 is 1.32 bits per heavy atom. The molecule has 0 bridgehead atoms. The van der Waals surface area contributed by atoms with Crippen LogP contribution in [-0.2, 0) is 0 Å². The Bertz CT molecular complexity index is 1020. The zero-order chi connectivity index (χ0) is 17.4. The van der Waals surface area contributed by atoms with Crippen molar-refractivity contribution < 1.29 is 5.11 Å². The number of pyridine rings is 1. The number of hydrogen-bond acceptors (Lipinski definition) is 6. The van der Waals surface area contributed by atoms with Gasteiger partial charge in [-0.05, 0) is 37.8 Å². The molecule has 0 saturated heterocycles. The van der Waals surface area contributed by atoms with Crippen LogP contribution in [0.2, 0.25) is 0 Å². The maximum Gasteiger partial charge on any atom is 0.327 e. The van der Waals surface area contributed by atoms with Crippen molar-refractivity contribution in [2.75, 3.05) is 5.32 Å². The van der Waals surface area contributed by atoms with Crippen LogP contribution in [0.1, 0.15) is 31.7 Å². The van der Waals surface area contributed by atoms with Crippen molar-refractivity contribution in [3.8, 4) is 0 Å². The van der Waals surface area contributed by atoms with E-state index in [0.717, 1.165) is 19.3 Å². The van der Waals surface area contributed by atoms with Crippen molar-refractivity contribution in [1.29, 1.82) is 0 Å². The summed E-state index contributed by atoms with van der Waals surface area (Å²) in [4.78, 5) is 38.0. The molecule has 0 radical (unpaired) electrons. The van der Waals surface area contributed by atoms with Gasteiger partial charge in [0.25, 0.3) is 5.56 Å². The zero-order valence-corrected chi connectivity index (χ0v) is 13.4. The lowest BCUT2D eigenvalue weighted by Crippen LogP contribution is -2.29. The van der Waals surface area contributed by atoms with Gasteiger partial charge in [-0.25, -0.2) is 9.78 Å². The van der Waals surface area contributed by atoms with Gasteiger partial charge in [-0.15, -0.1) is 0 Å². The molecule has 4 rings (SSSR count). The van der Waals surface area contributed by atoms with Crippen LogP contribution in [0.3, 0.4) is 0 Å². The Morgan fingerprint density at radius 3 is 3.00 bits per heavy atom. The van der Waals surface area contributed by atoms with Crippen LogP contribution in [-0.4, -0.2) is 35.7 Å². The quantitative estimate of drug-likeness (QED) is 0.563. The summed E-state index contributed by atoms with van der Waals surface area (Å²) in [5.74, 6) is 0.230. The van der Waals surface area contributed by atoms with Crippen molar-refractivity contribution >= 4 is 22.8 Å². The Hall–Kier alpha value is -2.94. The van der Waals surface area contributed by atoms with E-state index in [2.05, 4.69) is 25.3 Å². The Kier molecular flexibility index (Phi) is 3.85. The van der Waals surface area contributed by atoms with Crippen LogP contribution >= 0.6 is 0 Å². The first kappa shape index (κ1) is 15.6. The highest BCUT2D eigenvalue weighted by molar-refractivity contribution is 5.71. The molecule has 0 spiro atoms. The number of rotatable bonds is 3. The van der Waals surface area contributed by atoms with Crippen molar-refractivity contribution in [2.24, 2.45) is 0 Å². The van der Waals surface area contributed by atoms with E-state index in [1.165, 1.54) is 12.4 Å². The van der Waals surface area contributed by atoms with E-state index in [1.54, 1.807) is 16.7 Å². The molecule has 1 aliphatic rings. The second kappa shape index (κ2) is 6.17. The zero-order valence-electron chi connectivity index (χ0n) is 13.4. The van der Waals surface area contributed by atoms with Crippen molar-refractivity contribution in [2.45, 2.75) is 37.8 Å². The topological polar surface area (TPSA) is 129 Å². The molecule has 3 aromatic heterocycles. The fourth-order valence-electron chi connectivity index (χ4n) is 3.33. The minimum absolute atomic E-state index is 0.104. The third-order valence-electron chi connectivity index (χ3n) is 4.51. The van der Waals surface area contributed by atoms with Gasteiger partial charge in [-0.2, -0.15) is 4.98 Å². The summed E-state index contributed by atoms with van der Waals surface area (Å²) >= 11 is 0. The van der Waals surface area contributed by atoms with Gasteiger partial charge in [-0.1, -0.05) is 0 Å². The number of fused-ring (bicyclic) bond motifs is 1. The standard InChI is InChI=1S/C16H18N6O3/c23-10-4-1-3-9(7-10)22-13-12(20-16(22)25)8-18-15(21-13)19-11-5-2-6-17-14(11)24/h2,5-6,8-10,23H,1,3-4,7H2,(H,17,24)(H,20,25)(H,18,19,21)/t9-,10+/m1/s1. The summed E-state index contributed by atoms with van der Waals surface area (Å²) in [5, 5.41) is 12.8. The number of nitrogens with zero attached hydrogens (tertiary/aromatic N) is 3. The molecule has 9 nitrogen and oxygen atoms in total. The highest BCUT2D eigenvalue weighted by atomic mass is 16.3. The van der Waals surface area contributed by atoms with Gasteiger partial charge in [0, 0.05) is 12.2 Å². The van der Waals surface area contributed by atoms with Crippen molar-refractivity contribution in [3.05, 3.63) is 45.4 Å². The number of H-pyrrole nitrogens is 2. The van der Waals surface area contributed by atoms with Gasteiger partial charge in [0.2, 0.25) is 5.95 Å². The van der Waals surface area contributed by atoms with Crippen LogP contribution in [0.5, 0.6) is 0 Å². The monoisotopic (exact) mass is 342 g/mol. The van der Waals surface area contributed by atoms with Crippen LogP contribution in [0.25, 0.3) is 11.2 Å². The smallest absolute Gasteiger partial charge is 0.327 e. The molecule has 9 heteroatoms. The Labute approximate surface area is 141 Å². The normalized spacial score (nSPS) is 20.7. The minimum atomic E-state index is -0.405.